The molecule has 6 heteroatoms. The maximum Gasteiger partial charge on any atom is 0.260 e. The second kappa shape index (κ2) is 6.65. The lowest BCUT2D eigenvalue weighted by Gasteiger charge is -2.24. The van der Waals surface area contributed by atoms with Gasteiger partial charge in [0.05, 0.1) is 0 Å². The Balaban J connectivity index is 1.91. The monoisotopic (exact) mass is 284 g/mol. The number of carbonyl (C=O) groups is 1. The molecule has 1 aliphatic heterocycles. The molecule has 0 radical (unpaired) electrons. The van der Waals surface area contributed by atoms with Crippen LogP contribution >= 0.6 is 0 Å². The Morgan fingerprint density at radius 1 is 1.50 bits per heavy atom. The third-order valence-electron chi connectivity index (χ3n) is 3.38. The number of rotatable bonds is 5. The Kier molecular flexibility index (Phi) is 4.89. The molecule has 0 aromatic heterocycles. The Labute approximate surface area is 116 Å². The van der Waals surface area contributed by atoms with Crippen LogP contribution in [0.2, 0.25) is 0 Å². The molecule has 1 heterocycles. The van der Waals surface area contributed by atoms with Gasteiger partial charge in [-0.2, -0.15) is 0 Å². The van der Waals surface area contributed by atoms with Crippen LogP contribution in [0.1, 0.15) is 12.8 Å². The molecule has 1 aromatic rings. The molecule has 1 fully saturated rings. The molecule has 0 saturated carbocycles. The molecule has 1 aromatic carbocycles. The molecule has 0 spiro atoms. The summed E-state index contributed by atoms with van der Waals surface area (Å²) in [7, 11) is 1.84. The van der Waals surface area contributed by atoms with Crippen LogP contribution in [-0.2, 0) is 4.79 Å². The predicted molar refractivity (Wildman–Crippen MR) is 70.5 cm³/mol. The number of hydrogen-bond acceptors (Lipinski definition) is 3. The molecule has 2 rings (SSSR count). The van der Waals surface area contributed by atoms with E-state index in [-0.39, 0.29) is 24.3 Å². The average Bonchev–Trinajstić information content (AvgIpc) is 2.86. The van der Waals surface area contributed by atoms with Crippen LogP contribution < -0.4 is 10.1 Å². The Morgan fingerprint density at radius 3 is 3.00 bits per heavy atom. The first-order valence-electron chi connectivity index (χ1n) is 6.63. The molecule has 1 aliphatic rings. The Bertz CT molecular complexity index is 482. The van der Waals surface area contributed by atoms with Gasteiger partial charge in [0.1, 0.15) is 5.82 Å². The van der Waals surface area contributed by atoms with E-state index in [1.165, 1.54) is 6.07 Å². The molecule has 0 aliphatic carbocycles. The molecule has 1 amide bonds. The summed E-state index contributed by atoms with van der Waals surface area (Å²) in [4.78, 5) is 13.8. The van der Waals surface area contributed by atoms with Crippen LogP contribution in [0.4, 0.5) is 8.78 Å². The van der Waals surface area contributed by atoms with Gasteiger partial charge in [-0.25, -0.2) is 8.78 Å². The molecule has 4 nitrogen and oxygen atoms in total. The van der Waals surface area contributed by atoms with Gasteiger partial charge in [0.2, 0.25) is 0 Å². The number of nitrogens with one attached hydrogen (secondary N) is 1. The van der Waals surface area contributed by atoms with Crippen LogP contribution in [0.25, 0.3) is 0 Å². The maximum atomic E-state index is 13.4. The van der Waals surface area contributed by atoms with Crippen molar-refractivity contribution in [2.24, 2.45) is 0 Å². The predicted octanol–water partition coefficient (Wildman–Crippen LogP) is 1.55. The molecule has 0 bridgehead atoms. The SMILES string of the molecule is CNC[C@H]1CCCN1C(=O)COc1ccc(F)cc1F. The maximum absolute atomic E-state index is 13.4. The van der Waals surface area contributed by atoms with E-state index in [9.17, 15) is 13.6 Å². The van der Waals surface area contributed by atoms with Gasteiger partial charge >= 0.3 is 0 Å². The van der Waals surface area contributed by atoms with Gasteiger partial charge < -0.3 is 15.0 Å². The first-order chi connectivity index (χ1) is 9.61. The number of carbonyl (C=O) groups excluding carboxylic acids is 1. The summed E-state index contributed by atoms with van der Waals surface area (Å²) in [6, 6.07) is 3.18. The fraction of sp³-hybridized carbons (Fsp3) is 0.500. The zero-order valence-electron chi connectivity index (χ0n) is 11.4. The van der Waals surface area contributed by atoms with E-state index in [1.54, 1.807) is 4.90 Å². The zero-order valence-corrected chi connectivity index (χ0v) is 11.4. The highest BCUT2D eigenvalue weighted by Crippen LogP contribution is 2.19. The van der Waals surface area contributed by atoms with E-state index >= 15 is 0 Å². The summed E-state index contributed by atoms with van der Waals surface area (Å²) in [6.07, 6.45) is 1.92. The van der Waals surface area contributed by atoms with Crippen LogP contribution in [0, 0.1) is 11.6 Å². The van der Waals surface area contributed by atoms with E-state index in [0.29, 0.717) is 6.54 Å². The molecular formula is C14H18F2N2O2. The van der Waals surface area contributed by atoms with Crippen LogP contribution in [0.15, 0.2) is 18.2 Å². The van der Waals surface area contributed by atoms with Crippen molar-refractivity contribution in [1.82, 2.24) is 10.2 Å². The average molecular weight is 284 g/mol. The van der Waals surface area contributed by atoms with Gasteiger partial charge in [0, 0.05) is 25.2 Å². The number of benzene rings is 1. The van der Waals surface area contributed by atoms with Crippen molar-refractivity contribution in [1.29, 1.82) is 0 Å². The quantitative estimate of drug-likeness (QED) is 0.892. The normalized spacial score (nSPS) is 18.4. The van der Waals surface area contributed by atoms with Gasteiger partial charge in [-0.05, 0) is 32.0 Å². The summed E-state index contributed by atoms with van der Waals surface area (Å²) in [5.41, 5.74) is 0. The fourth-order valence-electron chi connectivity index (χ4n) is 2.43. The first kappa shape index (κ1) is 14.7. The molecular weight excluding hydrogens is 266 g/mol. The number of likely N-dealkylation sites (N-methyl/N-ethyl adjacent to an activating group) is 1. The van der Waals surface area contributed by atoms with Crippen molar-refractivity contribution in [3.05, 3.63) is 29.8 Å². The van der Waals surface area contributed by atoms with Gasteiger partial charge in [0.15, 0.2) is 18.2 Å². The van der Waals surface area contributed by atoms with E-state index in [2.05, 4.69) is 5.32 Å². The van der Waals surface area contributed by atoms with Gasteiger partial charge in [-0.3, -0.25) is 4.79 Å². The number of ether oxygens (including phenoxy) is 1. The fourth-order valence-corrected chi connectivity index (χ4v) is 2.43. The highest BCUT2D eigenvalue weighted by atomic mass is 19.1. The van der Waals surface area contributed by atoms with Crippen molar-refractivity contribution in [3.8, 4) is 5.75 Å². The second-order valence-electron chi connectivity index (χ2n) is 4.80. The van der Waals surface area contributed by atoms with Crippen molar-refractivity contribution in [2.45, 2.75) is 18.9 Å². The number of likely N-dealkylation sites (tertiary alicyclic amines) is 1. The summed E-state index contributed by atoms with van der Waals surface area (Å²) in [5, 5.41) is 3.05. The lowest BCUT2D eigenvalue weighted by Crippen LogP contribution is -2.43. The molecule has 20 heavy (non-hydrogen) atoms. The lowest BCUT2D eigenvalue weighted by atomic mass is 10.2. The van der Waals surface area contributed by atoms with Crippen molar-refractivity contribution in [3.63, 3.8) is 0 Å². The third kappa shape index (κ3) is 3.45. The molecule has 1 saturated heterocycles. The third-order valence-corrected chi connectivity index (χ3v) is 3.38. The summed E-state index contributed by atoms with van der Waals surface area (Å²) >= 11 is 0. The van der Waals surface area contributed by atoms with E-state index in [0.717, 1.165) is 31.5 Å². The molecule has 0 unspecified atom stereocenters. The Morgan fingerprint density at radius 2 is 2.30 bits per heavy atom. The highest BCUT2D eigenvalue weighted by Gasteiger charge is 2.28. The molecule has 1 atom stereocenters. The summed E-state index contributed by atoms with van der Waals surface area (Å²) < 4.78 is 31.3. The number of halogens is 2. The number of nitrogens with zero attached hydrogens (tertiary/aromatic N) is 1. The summed E-state index contributed by atoms with van der Waals surface area (Å²) in [6.45, 7) is 1.19. The summed E-state index contributed by atoms with van der Waals surface area (Å²) in [5.74, 6) is -1.75. The zero-order chi connectivity index (χ0) is 14.5. The minimum Gasteiger partial charge on any atom is -0.481 e. The van der Waals surface area contributed by atoms with Crippen molar-refractivity contribution >= 4 is 5.91 Å². The largest absolute Gasteiger partial charge is 0.481 e. The van der Waals surface area contributed by atoms with Crippen molar-refractivity contribution < 1.29 is 18.3 Å². The van der Waals surface area contributed by atoms with Crippen LogP contribution in [0.5, 0.6) is 5.75 Å². The van der Waals surface area contributed by atoms with E-state index in [1.807, 2.05) is 7.05 Å². The van der Waals surface area contributed by atoms with Crippen LogP contribution in [0.3, 0.4) is 0 Å². The minimum atomic E-state index is -0.800. The number of amides is 1. The first-order valence-corrected chi connectivity index (χ1v) is 6.63. The standard InChI is InChI=1S/C14H18F2N2O2/c1-17-8-11-3-2-6-18(11)14(19)9-20-13-5-4-10(15)7-12(13)16/h4-5,7,11,17H,2-3,6,8-9H2,1H3/t11-/m1/s1. The lowest BCUT2D eigenvalue weighted by molar-refractivity contribution is -0.134. The Hall–Kier alpha value is -1.69. The van der Waals surface area contributed by atoms with Gasteiger partial charge in [-0.1, -0.05) is 0 Å². The minimum absolute atomic E-state index is 0.107. The number of hydrogen-bond donors (Lipinski definition) is 1. The highest BCUT2D eigenvalue weighted by molar-refractivity contribution is 5.78. The van der Waals surface area contributed by atoms with Gasteiger partial charge in [-0.15, -0.1) is 0 Å². The smallest absolute Gasteiger partial charge is 0.260 e. The second-order valence-corrected chi connectivity index (χ2v) is 4.80. The van der Waals surface area contributed by atoms with E-state index < -0.39 is 11.6 Å². The van der Waals surface area contributed by atoms with Gasteiger partial charge in [0.25, 0.3) is 5.91 Å². The van der Waals surface area contributed by atoms with Crippen molar-refractivity contribution in [2.75, 3.05) is 26.7 Å². The molecule has 1 N–H and O–H groups in total. The van der Waals surface area contributed by atoms with E-state index in [4.69, 9.17) is 4.74 Å². The topological polar surface area (TPSA) is 41.6 Å². The molecule has 110 valence electrons. The van der Waals surface area contributed by atoms with Crippen LogP contribution in [-0.4, -0.2) is 43.6 Å².